The van der Waals surface area contributed by atoms with E-state index in [1.54, 1.807) is 36.4 Å². The monoisotopic (exact) mass is 506 g/mol. The summed E-state index contributed by atoms with van der Waals surface area (Å²) in [6.07, 6.45) is 1.10. The zero-order valence-electron chi connectivity index (χ0n) is 16.6. The molecule has 0 fully saturated rings. The molecule has 3 rings (SSSR count). The Morgan fingerprint density at radius 3 is 2.19 bits per heavy atom. The number of benzene rings is 3. The first-order chi connectivity index (χ1) is 14.7. The summed E-state index contributed by atoms with van der Waals surface area (Å²) in [5, 5.41) is 2.72. The second-order valence-electron chi connectivity index (χ2n) is 6.73. The van der Waals surface area contributed by atoms with Crippen molar-refractivity contribution in [2.45, 2.75) is 6.54 Å². The Bertz CT molecular complexity index is 1140. The van der Waals surface area contributed by atoms with Crippen molar-refractivity contribution in [1.29, 1.82) is 0 Å². The third kappa shape index (κ3) is 6.80. The number of hydrogen-bond acceptors (Lipinski definition) is 4. The molecule has 0 saturated heterocycles. The SMILES string of the molecule is CS(=O)(=O)N(Cc1ccc(F)cc1)c1ccc(OCC(=O)Nc2ccc(Br)cc2)cc1. The summed E-state index contributed by atoms with van der Waals surface area (Å²) >= 11 is 3.33. The van der Waals surface area contributed by atoms with E-state index in [0.717, 1.165) is 10.7 Å². The summed E-state index contributed by atoms with van der Waals surface area (Å²) in [7, 11) is -3.57. The molecule has 31 heavy (non-hydrogen) atoms. The molecule has 162 valence electrons. The van der Waals surface area contributed by atoms with E-state index in [2.05, 4.69) is 21.2 Å². The summed E-state index contributed by atoms with van der Waals surface area (Å²) in [6, 6.07) is 19.1. The van der Waals surface area contributed by atoms with Gasteiger partial charge in [0, 0.05) is 10.2 Å². The van der Waals surface area contributed by atoms with E-state index in [0.29, 0.717) is 22.7 Å². The fraction of sp³-hybridized carbons (Fsp3) is 0.136. The van der Waals surface area contributed by atoms with Crippen molar-refractivity contribution < 1.29 is 22.3 Å². The van der Waals surface area contributed by atoms with Crippen molar-refractivity contribution >= 4 is 43.2 Å². The van der Waals surface area contributed by atoms with Gasteiger partial charge in [-0.15, -0.1) is 0 Å². The van der Waals surface area contributed by atoms with Gasteiger partial charge in [0.15, 0.2) is 6.61 Å². The van der Waals surface area contributed by atoms with Gasteiger partial charge in [-0.1, -0.05) is 28.1 Å². The summed E-state index contributed by atoms with van der Waals surface area (Å²) in [4.78, 5) is 12.0. The van der Waals surface area contributed by atoms with Crippen LogP contribution in [-0.2, 0) is 21.4 Å². The van der Waals surface area contributed by atoms with Gasteiger partial charge in [0.25, 0.3) is 5.91 Å². The number of amides is 1. The Hall–Kier alpha value is -2.91. The van der Waals surface area contributed by atoms with Gasteiger partial charge in [-0.3, -0.25) is 9.10 Å². The van der Waals surface area contributed by atoms with Crippen LogP contribution in [0.25, 0.3) is 0 Å². The second kappa shape index (κ2) is 9.93. The molecule has 0 saturated carbocycles. The van der Waals surface area contributed by atoms with Gasteiger partial charge < -0.3 is 10.1 Å². The minimum absolute atomic E-state index is 0.0644. The smallest absolute Gasteiger partial charge is 0.262 e. The van der Waals surface area contributed by atoms with Crippen LogP contribution in [0.2, 0.25) is 0 Å². The average Bonchev–Trinajstić information content (AvgIpc) is 2.73. The Balaban J connectivity index is 1.63. The summed E-state index contributed by atoms with van der Waals surface area (Å²) in [5.41, 5.74) is 1.73. The molecular weight excluding hydrogens is 487 g/mol. The van der Waals surface area contributed by atoms with Crippen LogP contribution in [0.5, 0.6) is 5.75 Å². The molecule has 9 heteroatoms. The highest BCUT2D eigenvalue weighted by Gasteiger charge is 2.18. The summed E-state index contributed by atoms with van der Waals surface area (Å²) in [5.74, 6) is -0.286. The molecule has 0 radical (unpaired) electrons. The first-order valence-electron chi connectivity index (χ1n) is 9.21. The predicted octanol–water partition coefficient (Wildman–Crippen LogP) is 4.57. The maximum absolute atomic E-state index is 13.1. The summed E-state index contributed by atoms with van der Waals surface area (Å²) in [6.45, 7) is -0.129. The van der Waals surface area contributed by atoms with Gasteiger partial charge in [0.1, 0.15) is 11.6 Å². The minimum atomic E-state index is -3.57. The zero-order chi connectivity index (χ0) is 22.4. The van der Waals surface area contributed by atoms with Crippen LogP contribution in [0, 0.1) is 5.82 Å². The van der Waals surface area contributed by atoms with Gasteiger partial charge in [-0.25, -0.2) is 12.8 Å². The van der Waals surface area contributed by atoms with E-state index in [4.69, 9.17) is 4.74 Å². The minimum Gasteiger partial charge on any atom is -0.484 e. The molecule has 0 aliphatic heterocycles. The highest BCUT2D eigenvalue weighted by molar-refractivity contribution is 9.10. The van der Waals surface area contributed by atoms with E-state index in [-0.39, 0.29) is 24.9 Å². The lowest BCUT2D eigenvalue weighted by molar-refractivity contribution is -0.118. The fourth-order valence-electron chi connectivity index (χ4n) is 2.74. The van der Waals surface area contributed by atoms with Crippen LogP contribution in [0.1, 0.15) is 5.56 Å². The average molecular weight is 507 g/mol. The largest absolute Gasteiger partial charge is 0.484 e. The number of nitrogens with zero attached hydrogens (tertiary/aromatic N) is 1. The molecule has 0 bridgehead atoms. The number of carbonyl (C=O) groups excluding carboxylic acids is 1. The number of rotatable bonds is 8. The molecule has 0 heterocycles. The maximum Gasteiger partial charge on any atom is 0.262 e. The molecular formula is C22H20BrFN2O4S. The zero-order valence-corrected chi connectivity index (χ0v) is 19.0. The molecule has 0 aliphatic rings. The van der Waals surface area contributed by atoms with Gasteiger partial charge in [-0.05, 0) is 66.2 Å². The quantitative estimate of drug-likeness (QED) is 0.485. The molecule has 0 atom stereocenters. The van der Waals surface area contributed by atoms with Gasteiger partial charge in [0.2, 0.25) is 10.0 Å². The van der Waals surface area contributed by atoms with Crippen LogP contribution in [0.15, 0.2) is 77.3 Å². The molecule has 0 unspecified atom stereocenters. The normalized spacial score (nSPS) is 11.1. The molecule has 1 N–H and O–H groups in total. The van der Waals surface area contributed by atoms with E-state index in [1.807, 2.05) is 12.1 Å². The van der Waals surface area contributed by atoms with Crippen molar-refractivity contribution in [3.05, 3.63) is 88.6 Å². The number of hydrogen-bond donors (Lipinski definition) is 1. The highest BCUT2D eigenvalue weighted by atomic mass is 79.9. The lowest BCUT2D eigenvalue weighted by Crippen LogP contribution is -2.29. The van der Waals surface area contributed by atoms with E-state index < -0.39 is 10.0 Å². The van der Waals surface area contributed by atoms with E-state index in [9.17, 15) is 17.6 Å². The van der Waals surface area contributed by atoms with E-state index >= 15 is 0 Å². The predicted molar refractivity (Wildman–Crippen MR) is 122 cm³/mol. The Morgan fingerprint density at radius 1 is 1.00 bits per heavy atom. The van der Waals surface area contributed by atoms with Gasteiger partial charge >= 0.3 is 0 Å². The Labute approximate surface area is 188 Å². The Kier molecular flexibility index (Phi) is 7.29. The second-order valence-corrected chi connectivity index (χ2v) is 9.56. The van der Waals surface area contributed by atoms with Crippen LogP contribution in [-0.4, -0.2) is 27.2 Å². The highest BCUT2D eigenvalue weighted by Crippen LogP contribution is 2.24. The van der Waals surface area contributed by atoms with Crippen LogP contribution < -0.4 is 14.4 Å². The van der Waals surface area contributed by atoms with Gasteiger partial charge in [0.05, 0.1) is 18.5 Å². The first-order valence-corrected chi connectivity index (χ1v) is 11.9. The molecule has 6 nitrogen and oxygen atoms in total. The molecule has 0 aromatic heterocycles. The van der Waals surface area contributed by atoms with Crippen molar-refractivity contribution in [1.82, 2.24) is 0 Å². The van der Waals surface area contributed by atoms with Crippen LogP contribution in [0.4, 0.5) is 15.8 Å². The van der Waals surface area contributed by atoms with E-state index in [1.165, 1.54) is 28.6 Å². The van der Waals surface area contributed by atoms with Crippen LogP contribution >= 0.6 is 15.9 Å². The van der Waals surface area contributed by atoms with Crippen molar-refractivity contribution in [3.63, 3.8) is 0 Å². The number of carbonyl (C=O) groups is 1. The third-order valence-electron chi connectivity index (χ3n) is 4.26. The van der Waals surface area contributed by atoms with Crippen molar-refractivity contribution in [3.8, 4) is 5.75 Å². The number of ether oxygens (including phenoxy) is 1. The lowest BCUT2D eigenvalue weighted by atomic mass is 10.2. The molecule has 3 aromatic rings. The van der Waals surface area contributed by atoms with Crippen molar-refractivity contribution in [2.24, 2.45) is 0 Å². The first kappa shape index (κ1) is 22.8. The number of nitrogens with one attached hydrogen (secondary N) is 1. The topological polar surface area (TPSA) is 75.7 Å². The number of halogens is 2. The molecule has 0 aliphatic carbocycles. The Morgan fingerprint density at radius 2 is 1.61 bits per heavy atom. The van der Waals surface area contributed by atoms with Crippen LogP contribution in [0.3, 0.4) is 0 Å². The van der Waals surface area contributed by atoms with Gasteiger partial charge in [-0.2, -0.15) is 0 Å². The molecule has 0 spiro atoms. The maximum atomic E-state index is 13.1. The van der Waals surface area contributed by atoms with Crippen molar-refractivity contribution in [2.75, 3.05) is 22.5 Å². The molecule has 3 aromatic carbocycles. The molecule has 1 amide bonds. The number of sulfonamides is 1. The lowest BCUT2D eigenvalue weighted by Gasteiger charge is -2.22. The fourth-order valence-corrected chi connectivity index (χ4v) is 3.90. The summed E-state index contributed by atoms with van der Waals surface area (Å²) < 4.78 is 45.2. The number of anilines is 2. The third-order valence-corrected chi connectivity index (χ3v) is 5.93. The standard InChI is InChI=1S/C22H20BrFN2O4S/c1-31(28,29)26(14-16-2-6-18(24)7-3-16)20-10-12-21(13-11-20)30-15-22(27)25-19-8-4-17(23)5-9-19/h2-13H,14-15H2,1H3,(H,25,27).